The molecule has 0 atom stereocenters. The fraction of sp³-hybridized carbons (Fsp3) is 0.188. The van der Waals surface area contributed by atoms with E-state index in [0.29, 0.717) is 28.6 Å². The van der Waals surface area contributed by atoms with Gasteiger partial charge in [-0.25, -0.2) is 0 Å². The lowest BCUT2D eigenvalue weighted by Gasteiger charge is -2.13. The van der Waals surface area contributed by atoms with Crippen LogP contribution in [0.25, 0.3) is 0 Å². The molecule has 22 heavy (non-hydrogen) atoms. The number of nitrogens with one attached hydrogen (secondary N) is 1. The fourth-order valence-electron chi connectivity index (χ4n) is 2.03. The van der Waals surface area contributed by atoms with Crippen molar-refractivity contribution < 1.29 is 9.47 Å². The van der Waals surface area contributed by atoms with E-state index in [9.17, 15) is 0 Å². The number of benzene rings is 2. The molecule has 2 rings (SSSR count). The van der Waals surface area contributed by atoms with Gasteiger partial charge >= 0.3 is 0 Å². The summed E-state index contributed by atoms with van der Waals surface area (Å²) in [5.41, 5.74) is 2.23. The normalized spacial score (nSPS) is 9.95. The molecule has 0 bridgehead atoms. The molecular weight excluding hydrogens is 368 g/mol. The molecule has 1 N–H and O–H groups in total. The first-order chi connectivity index (χ1) is 10.6. The van der Waals surface area contributed by atoms with Gasteiger partial charge < -0.3 is 14.8 Å². The summed E-state index contributed by atoms with van der Waals surface area (Å²) in [5.74, 6) is 1.29. The third-order valence-electron chi connectivity index (χ3n) is 3.08. The highest BCUT2D eigenvalue weighted by atomic mass is 79.9. The van der Waals surface area contributed by atoms with E-state index >= 15 is 0 Å². The molecule has 0 unspecified atom stereocenters. The molecule has 2 aromatic rings. The Labute approximate surface area is 142 Å². The van der Waals surface area contributed by atoms with Gasteiger partial charge in [0.15, 0.2) is 11.5 Å². The number of nitrogens with zero attached hydrogens (tertiary/aromatic N) is 1. The zero-order valence-electron chi connectivity index (χ0n) is 12.1. The van der Waals surface area contributed by atoms with Crippen LogP contribution in [0.15, 0.2) is 34.8 Å². The SMILES string of the molecule is COc1cc(CNc2ccc(Cl)cc2C#N)cc(Br)c1OC. The van der Waals surface area contributed by atoms with E-state index in [0.717, 1.165) is 15.7 Å². The van der Waals surface area contributed by atoms with Gasteiger partial charge in [0.2, 0.25) is 0 Å². The summed E-state index contributed by atoms with van der Waals surface area (Å²) in [6.45, 7) is 0.537. The van der Waals surface area contributed by atoms with Crippen molar-refractivity contribution in [3.05, 3.63) is 51.0 Å². The first-order valence-corrected chi connectivity index (χ1v) is 7.60. The Morgan fingerprint density at radius 2 is 2.00 bits per heavy atom. The molecule has 0 aliphatic rings. The number of anilines is 1. The molecule has 0 aliphatic heterocycles. The second-order valence-electron chi connectivity index (χ2n) is 4.47. The molecule has 0 radical (unpaired) electrons. The first-order valence-electron chi connectivity index (χ1n) is 6.43. The van der Waals surface area contributed by atoms with Gasteiger partial charge in [-0.3, -0.25) is 0 Å². The molecule has 0 aromatic heterocycles. The molecule has 4 nitrogen and oxygen atoms in total. The molecule has 0 aliphatic carbocycles. The highest BCUT2D eigenvalue weighted by Gasteiger charge is 2.11. The first kappa shape index (κ1) is 16.5. The molecule has 2 aromatic carbocycles. The standard InChI is InChI=1S/C16H14BrClN2O2/c1-21-15-6-10(5-13(17)16(15)22-2)9-20-14-4-3-12(18)7-11(14)8-19/h3-7,20H,9H2,1-2H3. The largest absolute Gasteiger partial charge is 0.493 e. The van der Waals surface area contributed by atoms with Crippen LogP contribution in [-0.4, -0.2) is 14.2 Å². The third-order valence-corrected chi connectivity index (χ3v) is 3.90. The minimum Gasteiger partial charge on any atom is -0.493 e. The summed E-state index contributed by atoms with van der Waals surface area (Å²) >= 11 is 9.35. The van der Waals surface area contributed by atoms with Crippen molar-refractivity contribution in [3.8, 4) is 17.6 Å². The van der Waals surface area contributed by atoms with Gasteiger partial charge in [0.25, 0.3) is 0 Å². The van der Waals surface area contributed by atoms with E-state index in [2.05, 4.69) is 27.3 Å². The zero-order valence-corrected chi connectivity index (χ0v) is 14.5. The van der Waals surface area contributed by atoms with Crippen LogP contribution in [0.1, 0.15) is 11.1 Å². The van der Waals surface area contributed by atoms with Crippen LogP contribution >= 0.6 is 27.5 Å². The van der Waals surface area contributed by atoms with Crippen molar-refractivity contribution in [2.75, 3.05) is 19.5 Å². The molecular formula is C16H14BrClN2O2. The Morgan fingerprint density at radius 3 is 2.64 bits per heavy atom. The van der Waals surface area contributed by atoms with Crippen molar-refractivity contribution in [2.45, 2.75) is 6.54 Å². The van der Waals surface area contributed by atoms with Gasteiger partial charge in [-0.1, -0.05) is 11.6 Å². The number of hydrogen-bond donors (Lipinski definition) is 1. The molecule has 114 valence electrons. The Hall–Kier alpha value is -1.90. The second kappa shape index (κ2) is 7.39. The number of rotatable bonds is 5. The van der Waals surface area contributed by atoms with Crippen LogP contribution in [0, 0.1) is 11.3 Å². The molecule has 0 spiro atoms. The Kier molecular flexibility index (Phi) is 5.53. The predicted octanol–water partition coefficient (Wildman–Crippen LogP) is 4.60. The number of methoxy groups -OCH3 is 2. The van der Waals surface area contributed by atoms with E-state index < -0.39 is 0 Å². The molecule has 0 fully saturated rings. The maximum Gasteiger partial charge on any atom is 0.174 e. The van der Waals surface area contributed by atoms with Crippen LogP contribution < -0.4 is 14.8 Å². The quantitative estimate of drug-likeness (QED) is 0.822. The van der Waals surface area contributed by atoms with Gasteiger partial charge in [-0.15, -0.1) is 0 Å². The number of nitriles is 1. The lowest BCUT2D eigenvalue weighted by atomic mass is 10.1. The Morgan fingerprint density at radius 1 is 1.23 bits per heavy atom. The van der Waals surface area contributed by atoms with Crippen molar-refractivity contribution in [1.82, 2.24) is 0 Å². The van der Waals surface area contributed by atoms with Crippen molar-refractivity contribution >= 4 is 33.2 Å². The summed E-state index contributed by atoms with van der Waals surface area (Å²) in [6, 6.07) is 11.1. The van der Waals surface area contributed by atoms with Gasteiger partial charge in [0.1, 0.15) is 6.07 Å². The average Bonchev–Trinajstić information content (AvgIpc) is 2.52. The highest BCUT2D eigenvalue weighted by Crippen LogP contribution is 2.36. The lowest BCUT2D eigenvalue weighted by molar-refractivity contribution is 0.352. The highest BCUT2D eigenvalue weighted by molar-refractivity contribution is 9.10. The van der Waals surface area contributed by atoms with Crippen LogP contribution in [0.3, 0.4) is 0 Å². The Bertz CT molecular complexity index is 729. The van der Waals surface area contributed by atoms with Gasteiger partial charge in [0, 0.05) is 11.6 Å². The minimum atomic E-state index is 0.507. The van der Waals surface area contributed by atoms with E-state index in [1.165, 1.54) is 0 Å². The molecule has 0 saturated heterocycles. The topological polar surface area (TPSA) is 54.3 Å². The molecule has 0 amide bonds. The summed E-state index contributed by atoms with van der Waals surface area (Å²) < 4.78 is 11.4. The maximum absolute atomic E-state index is 9.14. The number of halogens is 2. The van der Waals surface area contributed by atoms with Crippen LogP contribution in [0.2, 0.25) is 5.02 Å². The smallest absolute Gasteiger partial charge is 0.174 e. The van der Waals surface area contributed by atoms with Crippen molar-refractivity contribution in [3.63, 3.8) is 0 Å². The van der Waals surface area contributed by atoms with Crippen LogP contribution in [0.5, 0.6) is 11.5 Å². The third kappa shape index (κ3) is 3.65. The minimum absolute atomic E-state index is 0.507. The van der Waals surface area contributed by atoms with E-state index in [1.807, 2.05) is 12.1 Å². The van der Waals surface area contributed by atoms with Crippen molar-refractivity contribution in [1.29, 1.82) is 5.26 Å². The van der Waals surface area contributed by atoms with Crippen LogP contribution in [-0.2, 0) is 6.54 Å². The fourth-order valence-corrected chi connectivity index (χ4v) is 2.86. The monoisotopic (exact) mass is 380 g/mol. The van der Waals surface area contributed by atoms with Gasteiger partial charge in [0.05, 0.1) is 29.9 Å². The van der Waals surface area contributed by atoms with E-state index in [4.69, 9.17) is 26.3 Å². The summed E-state index contributed by atoms with van der Waals surface area (Å²) in [5, 5.41) is 12.9. The summed E-state index contributed by atoms with van der Waals surface area (Å²) in [6.07, 6.45) is 0. The predicted molar refractivity (Wildman–Crippen MR) is 90.7 cm³/mol. The number of ether oxygens (including phenoxy) is 2. The van der Waals surface area contributed by atoms with E-state index in [-0.39, 0.29) is 0 Å². The van der Waals surface area contributed by atoms with Gasteiger partial charge in [-0.05, 0) is 51.8 Å². The number of hydrogen-bond acceptors (Lipinski definition) is 4. The lowest BCUT2D eigenvalue weighted by Crippen LogP contribution is -2.02. The van der Waals surface area contributed by atoms with Gasteiger partial charge in [-0.2, -0.15) is 5.26 Å². The van der Waals surface area contributed by atoms with Crippen molar-refractivity contribution in [2.24, 2.45) is 0 Å². The zero-order chi connectivity index (χ0) is 16.1. The average molecular weight is 382 g/mol. The van der Waals surface area contributed by atoms with E-state index in [1.54, 1.807) is 32.4 Å². The second-order valence-corrected chi connectivity index (χ2v) is 5.76. The molecule has 6 heteroatoms. The molecule has 0 heterocycles. The Balaban J connectivity index is 2.22. The molecule has 0 saturated carbocycles. The maximum atomic E-state index is 9.14. The summed E-state index contributed by atoms with van der Waals surface area (Å²) in [7, 11) is 3.18. The summed E-state index contributed by atoms with van der Waals surface area (Å²) in [4.78, 5) is 0. The van der Waals surface area contributed by atoms with Crippen LogP contribution in [0.4, 0.5) is 5.69 Å².